The number of hydrogen-bond donors (Lipinski definition) is 1. The number of hydrogen-bond acceptors (Lipinski definition) is 5. The second-order valence-corrected chi connectivity index (χ2v) is 8.08. The molecule has 1 atom stereocenters. The quantitative estimate of drug-likeness (QED) is 0.283. The first-order valence-electron chi connectivity index (χ1n) is 10.6. The summed E-state index contributed by atoms with van der Waals surface area (Å²) in [6.45, 7) is 0. The van der Waals surface area contributed by atoms with E-state index in [1.807, 2.05) is 54.6 Å². The maximum absolute atomic E-state index is 13.1. The minimum absolute atomic E-state index is 0.0276. The van der Waals surface area contributed by atoms with Gasteiger partial charge in [0.1, 0.15) is 11.5 Å². The molecule has 3 aromatic carbocycles. The van der Waals surface area contributed by atoms with Crippen LogP contribution >= 0.6 is 0 Å². The Morgan fingerprint density at radius 1 is 0.879 bits per heavy atom. The van der Waals surface area contributed by atoms with Gasteiger partial charge >= 0.3 is 5.97 Å². The van der Waals surface area contributed by atoms with Crippen molar-refractivity contribution in [2.75, 3.05) is 0 Å². The number of Topliss-reactive ketones (excluding diaryl/α,β-unsaturated/α-hetero) is 1. The van der Waals surface area contributed by atoms with Crippen LogP contribution in [0.15, 0.2) is 83.4 Å². The summed E-state index contributed by atoms with van der Waals surface area (Å²) in [7, 11) is 0. The molecule has 4 aromatic rings. The lowest BCUT2D eigenvalue weighted by Crippen LogP contribution is -2.26. The molecule has 0 radical (unpaired) electrons. The summed E-state index contributed by atoms with van der Waals surface area (Å²) >= 11 is 0. The van der Waals surface area contributed by atoms with E-state index in [4.69, 9.17) is 9.47 Å². The SMILES string of the molecule is O=C1C[C@H](c2cc3ccccc3[nH]c2=O)c2c(ccc3c2O/C(=C/c2ccccc2)C3=O)O1. The van der Waals surface area contributed by atoms with E-state index >= 15 is 0 Å². The van der Waals surface area contributed by atoms with Gasteiger partial charge in [0.2, 0.25) is 5.78 Å². The van der Waals surface area contributed by atoms with Gasteiger partial charge in [0, 0.05) is 22.6 Å². The lowest BCUT2D eigenvalue weighted by Gasteiger charge is -2.26. The summed E-state index contributed by atoms with van der Waals surface area (Å²) in [6.07, 6.45) is 1.65. The predicted octanol–water partition coefficient (Wildman–Crippen LogP) is 4.59. The van der Waals surface area contributed by atoms with Crippen molar-refractivity contribution in [3.63, 3.8) is 0 Å². The fourth-order valence-electron chi connectivity index (χ4n) is 4.50. The van der Waals surface area contributed by atoms with E-state index in [1.165, 1.54) is 0 Å². The monoisotopic (exact) mass is 435 g/mol. The molecule has 0 saturated heterocycles. The minimum Gasteiger partial charge on any atom is -0.452 e. The molecular formula is C27H17NO5. The fraction of sp³-hybridized carbons (Fsp3) is 0.0741. The van der Waals surface area contributed by atoms with Crippen molar-refractivity contribution in [2.45, 2.75) is 12.3 Å². The highest BCUT2D eigenvalue weighted by atomic mass is 16.5. The number of para-hydroxylation sites is 1. The molecule has 0 fully saturated rings. The lowest BCUT2D eigenvalue weighted by atomic mass is 9.85. The Morgan fingerprint density at radius 3 is 2.52 bits per heavy atom. The molecule has 1 N–H and O–H groups in total. The Balaban J connectivity index is 1.52. The van der Waals surface area contributed by atoms with Crippen LogP contribution in [0.3, 0.4) is 0 Å². The molecule has 0 saturated carbocycles. The van der Waals surface area contributed by atoms with E-state index in [2.05, 4.69) is 4.98 Å². The van der Waals surface area contributed by atoms with Gasteiger partial charge in [-0.1, -0.05) is 48.5 Å². The van der Waals surface area contributed by atoms with Crippen molar-refractivity contribution >= 4 is 28.7 Å². The number of allylic oxidation sites excluding steroid dienone is 1. The van der Waals surface area contributed by atoms with Gasteiger partial charge in [-0.05, 0) is 41.3 Å². The number of H-pyrrole nitrogens is 1. The number of rotatable bonds is 2. The summed E-state index contributed by atoms with van der Waals surface area (Å²) in [5, 5.41) is 0.849. The molecule has 0 amide bonds. The molecule has 0 aliphatic carbocycles. The topological polar surface area (TPSA) is 85.5 Å². The molecule has 160 valence electrons. The van der Waals surface area contributed by atoms with Gasteiger partial charge in [0.25, 0.3) is 5.56 Å². The van der Waals surface area contributed by atoms with Crippen LogP contribution in [0.2, 0.25) is 0 Å². The van der Waals surface area contributed by atoms with Gasteiger partial charge in [0.05, 0.1) is 12.0 Å². The number of carbonyl (C=O) groups excluding carboxylic acids is 2. The Labute approximate surface area is 188 Å². The first-order valence-corrected chi connectivity index (χ1v) is 10.6. The molecule has 0 bridgehead atoms. The van der Waals surface area contributed by atoms with Crippen LogP contribution in [0.1, 0.15) is 39.4 Å². The second-order valence-electron chi connectivity index (χ2n) is 8.08. The molecule has 0 unspecified atom stereocenters. The third-order valence-electron chi connectivity index (χ3n) is 6.03. The van der Waals surface area contributed by atoms with E-state index in [9.17, 15) is 14.4 Å². The van der Waals surface area contributed by atoms with Gasteiger partial charge in [-0.25, -0.2) is 0 Å². The number of carbonyl (C=O) groups is 2. The predicted molar refractivity (Wildman–Crippen MR) is 122 cm³/mol. The van der Waals surface area contributed by atoms with E-state index < -0.39 is 11.9 Å². The summed E-state index contributed by atoms with van der Waals surface area (Å²) in [5.41, 5.74) is 2.60. The van der Waals surface area contributed by atoms with Crippen LogP contribution in [0.25, 0.3) is 17.0 Å². The average Bonchev–Trinajstić information content (AvgIpc) is 3.13. The molecule has 0 spiro atoms. The van der Waals surface area contributed by atoms with Crippen LogP contribution in [0, 0.1) is 0 Å². The summed E-state index contributed by atoms with van der Waals surface area (Å²) in [5.74, 6) is -0.466. The summed E-state index contributed by atoms with van der Waals surface area (Å²) < 4.78 is 11.5. The van der Waals surface area contributed by atoms with Crippen LogP contribution < -0.4 is 15.0 Å². The molecular weight excluding hydrogens is 418 g/mol. The molecule has 33 heavy (non-hydrogen) atoms. The molecule has 6 nitrogen and oxygen atoms in total. The Bertz CT molecular complexity index is 1550. The highest BCUT2D eigenvalue weighted by Gasteiger charge is 2.39. The third-order valence-corrected chi connectivity index (χ3v) is 6.03. The molecule has 6 heteroatoms. The maximum atomic E-state index is 13.1. The minimum atomic E-state index is -0.603. The number of nitrogens with one attached hydrogen (secondary N) is 1. The number of pyridine rings is 1. The van der Waals surface area contributed by atoms with Crippen LogP contribution in [-0.2, 0) is 4.79 Å². The van der Waals surface area contributed by atoms with Crippen molar-refractivity contribution in [3.05, 3.63) is 111 Å². The number of aromatic nitrogens is 1. The van der Waals surface area contributed by atoms with Crippen LogP contribution in [0.5, 0.6) is 11.5 Å². The van der Waals surface area contributed by atoms with Crippen molar-refractivity contribution in [1.29, 1.82) is 0 Å². The number of ketones is 1. The van der Waals surface area contributed by atoms with Gasteiger partial charge < -0.3 is 14.5 Å². The molecule has 1 aromatic heterocycles. The third kappa shape index (κ3) is 3.15. The number of fused-ring (bicyclic) bond motifs is 4. The van der Waals surface area contributed by atoms with E-state index in [0.717, 1.165) is 10.9 Å². The van der Waals surface area contributed by atoms with E-state index in [1.54, 1.807) is 24.3 Å². The molecule has 3 heterocycles. The maximum Gasteiger partial charge on any atom is 0.312 e. The zero-order chi connectivity index (χ0) is 22.5. The highest BCUT2D eigenvalue weighted by Crippen LogP contribution is 2.48. The Hall–Kier alpha value is -4.45. The average molecular weight is 435 g/mol. The molecule has 2 aliphatic rings. The number of esters is 1. The molecule has 2 aliphatic heterocycles. The van der Waals surface area contributed by atoms with Crippen LogP contribution in [0.4, 0.5) is 0 Å². The number of benzene rings is 3. The van der Waals surface area contributed by atoms with Crippen LogP contribution in [-0.4, -0.2) is 16.7 Å². The first-order chi connectivity index (χ1) is 16.1. The normalized spacial score (nSPS) is 18.1. The van der Waals surface area contributed by atoms with Crippen molar-refractivity contribution in [2.24, 2.45) is 0 Å². The van der Waals surface area contributed by atoms with Gasteiger partial charge in [-0.2, -0.15) is 0 Å². The van der Waals surface area contributed by atoms with Gasteiger partial charge in [0.15, 0.2) is 5.76 Å². The highest BCUT2D eigenvalue weighted by molar-refractivity contribution is 6.15. The van der Waals surface area contributed by atoms with Crippen molar-refractivity contribution in [1.82, 2.24) is 4.98 Å². The zero-order valence-electron chi connectivity index (χ0n) is 17.3. The summed E-state index contributed by atoms with van der Waals surface area (Å²) in [6, 6.07) is 21.8. The Morgan fingerprint density at radius 2 is 1.67 bits per heavy atom. The first kappa shape index (κ1) is 19.3. The second kappa shape index (κ2) is 7.31. The zero-order valence-corrected chi connectivity index (χ0v) is 17.3. The van der Waals surface area contributed by atoms with Gasteiger partial charge in [-0.15, -0.1) is 0 Å². The Kier molecular flexibility index (Phi) is 4.26. The van der Waals surface area contributed by atoms with E-state index in [0.29, 0.717) is 33.7 Å². The smallest absolute Gasteiger partial charge is 0.312 e. The standard InChI is InChI=1S/C27H17NO5/c29-23-14-18(19-13-16-8-4-5-9-20(16)28-27(19)31)24-21(32-23)11-10-17-25(30)22(33-26(17)24)12-15-6-2-1-3-7-15/h1-13,18H,14H2,(H,28,31)/b22-12+/t18-/m1/s1. The number of ether oxygens (including phenoxy) is 2. The van der Waals surface area contributed by atoms with Crippen molar-refractivity contribution in [3.8, 4) is 11.5 Å². The molecule has 6 rings (SSSR count). The summed E-state index contributed by atoms with van der Waals surface area (Å²) in [4.78, 5) is 41.4. The van der Waals surface area contributed by atoms with E-state index in [-0.39, 0.29) is 23.5 Å². The lowest BCUT2D eigenvalue weighted by molar-refractivity contribution is -0.135. The fourth-order valence-corrected chi connectivity index (χ4v) is 4.50. The van der Waals surface area contributed by atoms with Gasteiger partial charge in [-0.3, -0.25) is 14.4 Å². The largest absolute Gasteiger partial charge is 0.452 e. The number of aromatic amines is 1. The van der Waals surface area contributed by atoms with Crippen molar-refractivity contribution < 1.29 is 19.1 Å².